The highest BCUT2D eigenvalue weighted by Crippen LogP contribution is 2.33. The first-order valence-corrected chi connectivity index (χ1v) is 9.12. The van der Waals surface area contributed by atoms with Crippen LogP contribution in [0.3, 0.4) is 0 Å². The first-order chi connectivity index (χ1) is 13.1. The van der Waals surface area contributed by atoms with Gasteiger partial charge in [-0.2, -0.15) is 0 Å². The maximum atomic E-state index is 12.3. The number of aromatic amines is 1. The van der Waals surface area contributed by atoms with E-state index in [0.29, 0.717) is 11.5 Å². The molecular formula is C21H23N3O3. The van der Waals surface area contributed by atoms with Crippen molar-refractivity contribution in [2.75, 3.05) is 19.5 Å². The molecule has 1 heterocycles. The number of benzene rings is 2. The quantitative estimate of drug-likeness (QED) is 0.707. The summed E-state index contributed by atoms with van der Waals surface area (Å²) in [5.41, 5.74) is 4.44. The van der Waals surface area contributed by atoms with Crippen LogP contribution in [0.25, 0.3) is 22.4 Å². The maximum Gasteiger partial charge on any atom is 0.227 e. The topological polar surface area (TPSA) is 76.2 Å². The molecule has 0 spiro atoms. The van der Waals surface area contributed by atoms with Crippen molar-refractivity contribution >= 4 is 22.6 Å². The third-order valence-electron chi connectivity index (χ3n) is 5.23. The number of anilines is 1. The number of hydrogen-bond donors (Lipinski definition) is 2. The van der Waals surface area contributed by atoms with E-state index in [4.69, 9.17) is 9.47 Å². The van der Waals surface area contributed by atoms with Gasteiger partial charge in [0.2, 0.25) is 5.91 Å². The zero-order valence-electron chi connectivity index (χ0n) is 15.8. The molecule has 3 aromatic rings. The third-order valence-corrected chi connectivity index (χ3v) is 5.23. The number of carbonyl (C=O) groups excluding carboxylic acids is 1. The number of aromatic nitrogens is 2. The summed E-state index contributed by atoms with van der Waals surface area (Å²) in [6, 6.07) is 9.69. The third kappa shape index (κ3) is 3.23. The number of hydrogen-bond acceptors (Lipinski definition) is 4. The Bertz CT molecular complexity index is 964. The van der Waals surface area contributed by atoms with Crippen LogP contribution in [0.4, 0.5) is 5.69 Å². The van der Waals surface area contributed by atoms with Gasteiger partial charge in [-0.15, -0.1) is 0 Å². The zero-order chi connectivity index (χ0) is 19.0. The Kier molecular flexibility index (Phi) is 4.48. The van der Waals surface area contributed by atoms with Crippen molar-refractivity contribution in [1.29, 1.82) is 0 Å². The van der Waals surface area contributed by atoms with Crippen molar-refractivity contribution in [2.24, 2.45) is 5.92 Å². The fraction of sp³-hybridized carbons (Fsp3) is 0.333. The highest BCUT2D eigenvalue weighted by molar-refractivity contribution is 5.94. The number of aryl methyl sites for hydroxylation is 1. The highest BCUT2D eigenvalue weighted by Gasteiger charge is 2.25. The molecular weight excluding hydrogens is 342 g/mol. The molecule has 1 aliphatic rings. The molecule has 1 aromatic heterocycles. The highest BCUT2D eigenvalue weighted by atomic mass is 16.5. The number of imidazole rings is 1. The van der Waals surface area contributed by atoms with Gasteiger partial charge in [-0.3, -0.25) is 4.79 Å². The Morgan fingerprint density at radius 2 is 1.89 bits per heavy atom. The lowest BCUT2D eigenvalue weighted by atomic mass is 9.85. The molecule has 0 atom stereocenters. The van der Waals surface area contributed by atoms with Gasteiger partial charge in [0, 0.05) is 29.3 Å². The Balaban J connectivity index is 1.68. The van der Waals surface area contributed by atoms with Crippen LogP contribution < -0.4 is 14.8 Å². The van der Waals surface area contributed by atoms with Crippen molar-refractivity contribution in [3.05, 3.63) is 35.9 Å². The number of methoxy groups -OCH3 is 2. The Hall–Kier alpha value is -3.02. The number of nitrogens with zero attached hydrogens (tertiary/aromatic N) is 1. The molecule has 6 heteroatoms. The summed E-state index contributed by atoms with van der Waals surface area (Å²) >= 11 is 0. The summed E-state index contributed by atoms with van der Waals surface area (Å²) < 4.78 is 10.7. The number of nitrogens with one attached hydrogen (secondary N) is 2. The number of fused-ring (bicyclic) bond motifs is 1. The summed E-state index contributed by atoms with van der Waals surface area (Å²) in [5, 5.41) is 3.07. The van der Waals surface area contributed by atoms with Gasteiger partial charge in [0.15, 0.2) is 11.5 Å². The van der Waals surface area contributed by atoms with E-state index in [1.807, 2.05) is 37.3 Å². The van der Waals surface area contributed by atoms with E-state index < -0.39 is 0 Å². The van der Waals surface area contributed by atoms with E-state index in [-0.39, 0.29) is 11.8 Å². The minimum Gasteiger partial charge on any atom is -0.493 e. The second-order valence-electron chi connectivity index (χ2n) is 6.96. The van der Waals surface area contributed by atoms with Gasteiger partial charge in [0.05, 0.1) is 25.3 Å². The molecule has 6 nitrogen and oxygen atoms in total. The lowest BCUT2D eigenvalue weighted by Gasteiger charge is -2.24. The Morgan fingerprint density at radius 1 is 1.15 bits per heavy atom. The summed E-state index contributed by atoms with van der Waals surface area (Å²) in [5.74, 6) is 2.29. The normalized spacial score (nSPS) is 14.0. The van der Waals surface area contributed by atoms with Crippen molar-refractivity contribution in [3.63, 3.8) is 0 Å². The van der Waals surface area contributed by atoms with E-state index in [9.17, 15) is 4.79 Å². The second kappa shape index (κ2) is 6.95. The monoisotopic (exact) mass is 365 g/mol. The van der Waals surface area contributed by atoms with Gasteiger partial charge in [-0.1, -0.05) is 18.6 Å². The molecule has 2 aromatic carbocycles. The van der Waals surface area contributed by atoms with Crippen LogP contribution in [0, 0.1) is 12.8 Å². The number of carbonyl (C=O) groups is 1. The Morgan fingerprint density at radius 3 is 2.56 bits per heavy atom. The number of amides is 1. The predicted octanol–water partition coefficient (Wildman–Crippen LogP) is 4.29. The molecule has 140 valence electrons. The van der Waals surface area contributed by atoms with E-state index in [1.54, 1.807) is 14.2 Å². The van der Waals surface area contributed by atoms with E-state index >= 15 is 0 Å². The zero-order valence-corrected chi connectivity index (χ0v) is 15.8. The molecule has 1 amide bonds. The van der Waals surface area contributed by atoms with Crippen molar-refractivity contribution in [3.8, 4) is 22.9 Å². The lowest BCUT2D eigenvalue weighted by molar-refractivity contribution is -0.122. The molecule has 0 aliphatic heterocycles. The first kappa shape index (κ1) is 17.4. The lowest BCUT2D eigenvalue weighted by Crippen LogP contribution is -2.28. The number of rotatable bonds is 5. The summed E-state index contributed by atoms with van der Waals surface area (Å²) in [6.45, 7) is 1.99. The van der Waals surface area contributed by atoms with Crippen LogP contribution in [-0.2, 0) is 4.79 Å². The number of ether oxygens (including phenoxy) is 2. The predicted molar refractivity (Wildman–Crippen MR) is 105 cm³/mol. The average Bonchev–Trinajstić information content (AvgIpc) is 3.03. The van der Waals surface area contributed by atoms with Gasteiger partial charge in [-0.05, 0) is 31.4 Å². The molecule has 0 saturated heterocycles. The molecule has 1 saturated carbocycles. The van der Waals surface area contributed by atoms with Crippen molar-refractivity contribution < 1.29 is 14.3 Å². The van der Waals surface area contributed by atoms with Gasteiger partial charge in [0.1, 0.15) is 5.82 Å². The van der Waals surface area contributed by atoms with Gasteiger partial charge in [-0.25, -0.2) is 4.98 Å². The van der Waals surface area contributed by atoms with Crippen LogP contribution in [0.5, 0.6) is 11.5 Å². The summed E-state index contributed by atoms with van der Waals surface area (Å²) in [6.07, 6.45) is 3.11. The van der Waals surface area contributed by atoms with E-state index in [2.05, 4.69) is 15.3 Å². The smallest absolute Gasteiger partial charge is 0.227 e. The van der Waals surface area contributed by atoms with Crippen LogP contribution >= 0.6 is 0 Å². The average molecular weight is 365 g/mol. The fourth-order valence-electron chi connectivity index (χ4n) is 3.28. The molecule has 27 heavy (non-hydrogen) atoms. The minimum atomic E-state index is 0.112. The molecule has 0 unspecified atom stereocenters. The molecule has 1 fully saturated rings. The van der Waals surface area contributed by atoms with Crippen molar-refractivity contribution in [1.82, 2.24) is 9.97 Å². The molecule has 0 radical (unpaired) electrons. The molecule has 4 rings (SSSR count). The maximum absolute atomic E-state index is 12.3. The summed E-state index contributed by atoms with van der Waals surface area (Å²) in [7, 11) is 3.21. The summed E-state index contributed by atoms with van der Waals surface area (Å²) in [4.78, 5) is 20.3. The number of H-pyrrole nitrogens is 1. The first-order valence-electron chi connectivity index (χ1n) is 9.12. The Labute approximate surface area is 157 Å². The largest absolute Gasteiger partial charge is 0.493 e. The van der Waals surface area contributed by atoms with Gasteiger partial charge < -0.3 is 19.8 Å². The molecule has 0 bridgehead atoms. The van der Waals surface area contributed by atoms with Crippen LogP contribution in [0.1, 0.15) is 24.8 Å². The fourth-order valence-corrected chi connectivity index (χ4v) is 3.28. The molecule has 1 aliphatic carbocycles. The standard InChI is InChI=1S/C21H23N3O3/c1-12-7-8-14(9-15(12)24-21(25)13-5-4-6-13)20-22-16-10-18(26-2)19(27-3)11-17(16)23-20/h7-11,13H,4-6H2,1-3H3,(H,22,23)(H,24,25). The minimum absolute atomic E-state index is 0.112. The van der Waals surface area contributed by atoms with E-state index in [1.165, 1.54) is 0 Å². The SMILES string of the molecule is COc1cc2nc(-c3ccc(C)c(NC(=O)C4CCC4)c3)[nH]c2cc1OC. The van der Waals surface area contributed by atoms with Gasteiger partial charge in [0.25, 0.3) is 0 Å². The van der Waals surface area contributed by atoms with Gasteiger partial charge >= 0.3 is 0 Å². The molecule has 2 N–H and O–H groups in total. The van der Waals surface area contributed by atoms with Crippen LogP contribution in [0.15, 0.2) is 30.3 Å². The van der Waals surface area contributed by atoms with E-state index in [0.717, 1.165) is 52.9 Å². The second-order valence-corrected chi connectivity index (χ2v) is 6.96. The van der Waals surface area contributed by atoms with Crippen LogP contribution in [-0.4, -0.2) is 30.1 Å². The van der Waals surface area contributed by atoms with Crippen molar-refractivity contribution in [2.45, 2.75) is 26.2 Å². The van der Waals surface area contributed by atoms with Crippen LogP contribution in [0.2, 0.25) is 0 Å².